The number of hydrogen-bond acceptors (Lipinski definition) is 4. The lowest BCUT2D eigenvalue weighted by Crippen LogP contribution is -2.32. The molecule has 0 aromatic rings. The summed E-state index contributed by atoms with van der Waals surface area (Å²) in [6.07, 6.45) is 1.25. The molecular formula is C12H23N3O2. The second-order valence-electron chi connectivity index (χ2n) is 4.41. The SMILES string of the molecule is CC(O)CCN(C)CCC(=O)N(C)CCC#N. The summed E-state index contributed by atoms with van der Waals surface area (Å²) in [5.74, 6) is 0.0594. The van der Waals surface area contributed by atoms with E-state index in [1.54, 1.807) is 18.9 Å². The standard InChI is InChI=1S/C12H23N3O2/c1-11(16)5-9-14(2)10-6-12(17)15(3)8-4-7-13/h11,16H,4-6,8-10H2,1-3H3. The third-order valence-electron chi connectivity index (χ3n) is 2.62. The van der Waals surface area contributed by atoms with E-state index >= 15 is 0 Å². The Bertz CT molecular complexity index is 261. The summed E-state index contributed by atoms with van der Waals surface area (Å²) in [7, 11) is 3.65. The van der Waals surface area contributed by atoms with Gasteiger partial charge in [-0.3, -0.25) is 4.79 Å². The molecule has 5 heteroatoms. The second kappa shape index (κ2) is 8.97. The van der Waals surface area contributed by atoms with E-state index in [4.69, 9.17) is 10.4 Å². The van der Waals surface area contributed by atoms with Crippen LogP contribution in [0.5, 0.6) is 0 Å². The van der Waals surface area contributed by atoms with Crippen LogP contribution in [0, 0.1) is 11.3 Å². The van der Waals surface area contributed by atoms with Gasteiger partial charge in [-0.15, -0.1) is 0 Å². The van der Waals surface area contributed by atoms with Crippen molar-refractivity contribution < 1.29 is 9.90 Å². The Morgan fingerprint density at radius 2 is 2.00 bits per heavy atom. The Labute approximate surface area is 104 Å². The molecule has 0 radical (unpaired) electrons. The van der Waals surface area contributed by atoms with E-state index in [2.05, 4.69) is 0 Å². The van der Waals surface area contributed by atoms with Crippen LogP contribution < -0.4 is 0 Å². The predicted molar refractivity (Wildman–Crippen MR) is 66.3 cm³/mol. The van der Waals surface area contributed by atoms with Crippen molar-refractivity contribution in [1.29, 1.82) is 5.26 Å². The molecular weight excluding hydrogens is 218 g/mol. The first kappa shape index (κ1) is 15.9. The number of nitriles is 1. The average molecular weight is 241 g/mol. The molecule has 0 saturated carbocycles. The fourth-order valence-corrected chi connectivity index (χ4v) is 1.34. The van der Waals surface area contributed by atoms with Crippen molar-refractivity contribution in [3.05, 3.63) is 0 Å². The maximum atomic E-state index is 11.6. The molecule has 0 fully saturated rings. The van der Waals surface area contributed by atoms with Gasteiger partial charge in [0, 0.05) is 33.1 Å². The highest BCUT2D eigenvalue weighted by atomic mass is 16.3. The van der Waals surface area contributed by atoms with Gasteiger partial charge in [0.25, 0.3) is 0 Å². The van der Waals surface area contributed by atoms with Crippen LogP contribution in [0.1, 0.15) is 26.2 Å². The molecule has 1 unspecified atom stereocenters. The van der Waals surface area contributed by atoms with Crippen molar-refractivity contribution in [3.63, 3.8) is 0 Å². The van der Waals surface area contributed by atoms with Crippen molar-refractivity contribution >= 4 is 5.91 Å². The van der Waals surface area contributed by atoms with Crippen LogP contribution in [0.3, 0.4) is 0 Å². The molecule has 1 N–H and O–H groups in total. The van der Waals surface area contributed by atoms with Crippen molar-refractivity contribution in [1.82, 2.24) is 9.80 Å². The first-order valence-electron chi connectivity index (χ1n) is 5.95. The molecule has 1 amide bonds. The second-order valence-corrected chi connectivity index (χ2v) is 4.41. The normalized spacial score (nSPS) is 12.2. The van der Waals surface area contributed by atoms with Crippen LogP contribution in [0.15, 0.2) is 0 Å². The lowest BCUT2D eigenvalue weighted by molar-refractivity contribution is -0.130. The van der Waals surface area contributed by atoms with Crippen LogP contribution in [-0.2, 0) is 4.79 Å². The van der Waals surface area contributed by atoms with Gasteiger partial charge < -0.3 is 14.9 Å². The monoisotopic (exact) mass is 241 g/mol. The van der Waals surface area contributed by atoms with Gasteiger partial charge in [0.1, 0.15) is 0 Å². The van der Waals surface area contributed by atoms with Gasteiger partial charge in [0.05, 0.1) is 18.6 Å². The first-order chi connectivity index (χ1) is 7.97. The maximum absolute atomic E-state index is 11.6. The van der Waals surface area contributed by atoms with Crippen molar-refractivity contribution in [2.24, 2.45) is 0 Å². The zero-order chi connectivity index (χ0) is 13.3. The third-order valence-corrected chi connectivity index (χ3v) is 2.62. The summed E-state index contributed by atoms with van der Waals surface area (Å²) in [6, 6.07) is 2.02. The van der Waals surface area contributed by atoms with Gasteiger partial charge in [-0.05, 0) is 20.4 Å². The van der Waals surface area contributed by atoms with Crippen molar-refractivity contribution in [2.45, 2.75) is 32.3 Å². The molecule has 17 heavy (non-hydrogen) atoms. The molecule has 0 aromatic carbocycles. The van der Waals surface area contributed by atoms with Crippen LogP contribution in [0.2, 0.25) is 0 Å². The van der Waals surface area contributed by atoms with E-state index in [-0.39, 0.29) is 12.0 Å². The Balaban J connectivity index is 3.72. The number of nitrogens with zero attached hydrogens (tertiary/aromatic N) is 3. The number of carbonyl (C=O) groups excluding carboxylic acids is 1. The molecule has 0 heterocycles. The van der Waals surface area contributed by atoms with Gasteiger partial charge >= 0.3 is 0 Å². The van der Waals surface area contributed by atoms with Crippen LogP contribution in [-0.4, -0.2) is 60.6 Å². The summed E-state index contributed by atoms with van der Waals surface area (Å²) in [6.45, 7) is 3.72. The smallest absolute Gasteiger partial charge is 0.223 e. The minimum Gasteiger partial charge on any atom is -0.393 e. The van der Waals surface area contributed by atoms with E-state index in [1.165, 1.54) is 0 Å². The fourth-order valence-electron chi connectivity index (χ4n) is 1.34. The van der Waals surface area contributed by atoms with Gasteiger partial charge in [0.15, 0.2) is 0 Å². The largest absolute Gasteiger partial charge is 0.393 e. The van der Waals surface area contributed by atoms with Crippen LogP contribution in [0.25, 0.3) is 0 Å². The highest BCUT2D eigenvalue weighted by molar-refractivity contribution is 5.76. The Hall–Kier alpha value is -1.12. The number of aliphatic hydroxyl groups is 1. The number of amides is 1. The first-order valence-corrected chi connectivity index (χ1v) is 5.95. The van der Waals surface area contributed by atoms with Gasteiger partial charge in [-0.25, -0.2) is 0 Å². The minimum atomic E-state index is -0.300. The number of carbonyl (C=O) groups is 1. The summed E-state index contributed by atoms with van der Waals surface area (Å²) in [5, 5.41) is 17.5. The van der Waals surface area contributed by atoms with Crippen molar-refractivity contribution in [3.8, 4) is 6.07 Å². The number of rotatable bonds is 8. The Morgan fingerprint density at radius 1 is 1.35 bits per heavy atom. The summed E-state index contributed by atoms with van der Waals surface area (Å²) < 4.78 is 0. The molecule has 0 aliphatic rings. The highest BCUT2D eigenvalue weighted by Crippen LogP contribution is 1.98. The zero-order valence-corrected chi connectivity index (χ0v) is 11.0. The summed E-state index contributed by atoms with van der Waals surface area (Å²) in [4.78, 5) is 15.3. The lowest BCUT2D eigenvalue weighted by atomic mass is 10.2. The number of hydrogen-bond donors (Lipinski definition) is 1. The molecule has 98 valence electrons. The molecule has 0 saturated heterocycles. The topological polar surface area (TPSA) is 67.6 Å². The molecule has 0 aliphatic carbocycles. The predicted octanol–water partition coefficient (Wildman–Crippen LogP) is 0.451. The van der Waals surface area contributed by atoms with Gasteiger partial charge in [-0.2, -0.15) is 5.26 Å². The quantitative estimate of drug-likeness (QED) is 0.670. The van der Waals surface area contributed by atoms with E-state index < -0.39 is 0 Å². The van der Waals surface area contributed by atoms with Gasteiger partial charge in [0.2, 0.25) is 5.91 Å². The van der Waals surface area contributed by atoms with Crippen LogP contribution in [0.4, 0.5) is 0 Å². The summed E-state index contributed by atoms with van der Waals surface area (Å²) in [5.41, 5.74) is 0. The lowest BCUT2D eigenvalue weighted by Gasteiger charge is -2.20. The Kier molecular flexibility index (Phi) is 8.38. The third kappa shape index (κ3) is 8.66. The number of aliphatic hydroxyl groups excluding tert-OH is 1. The van der Waals surface area contributed by atoms with E-state index in [0.29, 0.717) is 25.9 Å². The molecule has 0 spiro atoms. The molecule has 5 nitrogen and oxygen atoms in total. The molecule has 0 bridgehead atoms. The van der Waals surface area contributed by atoms with E-state index in [0.717, 1.165) is 13.0 Å². The van der Waals surface area contributed by atoms with Gasteiger partial charge in [-0.1, -0.05) is 0 Å². The van der Waals surface area contributed by atoms with Crippen molar-refractivity contribution in [2.75, 3.05) is 33.7 Å². The molecule has 0 aromatic heterocycles. The summed E-state index contributed by atoms with van der Waals surface area (Å²) >= 11 is 0. The average Bonchev–Trinajstić information content (AvgIpc) is 2.30. The molecule has 0 rings (SSSR count). The fraction of sp³-hybridized carbons (Fsp3) is 0.833. The zero-order valence-electron chi connectivity index (χ0n) is 11.0. The Morgan fingerprint density at radius 3 is 2.53 bits per heavy atom. The van der Waals surface area contributed by atoms with Crippen LogP contribution >= 0.6 is 0 Å². The molecule has 0 aliphatic heterocycles. The minimum absolute atomic E-state index is 0.0594. The highest BCUT2D eigenvalue weighted by Gasteiger charge is 2.09. The van der Waals surface area contributed by atoms with E-state index in [9.17, 15) is 4.79 Å². The maximum Gasteiger partial charge on any atom is 0.223 e. The molecule has 1 atom stereocenters. The van der Waals surface area contributed by atoms with E-state index in [1.807, 2.05) is 18.0 Å².